The lowest BCUT2D eigenvalue weighted by atomic mass is 9.95. The molecular formula is C16H23N3O2S. The Morgan fingerprint density at radius 2 is 2.32 bits per heavy atom. The lowest BCUT2D eigenvalue weighted by molar-refractivity contribution is 0.374. The summed E-state index contributed by atoms with van der Waals surface area (Å²) in [5.41, 5.74) is 1.20. The highest BCUT2D eigenvalue weighted by Gasteiger charge is 2.24. The first kappa shape index (κ1) is 15.6. The van der Waals surface area contributed by atoms with E-state index in [4.69, 9.17) is 4.42 Å². The Balaban J connectivity index is 1.62. The maximum absolute atomic E-state index is 11.9. The van der Waals surface area contributed by atoms with Gasteiger partial charge in [0, 0.05) is 30.6 Å². The molecule has 0 spiro atoms. The minimum Gasteiger partial charge on any atom is -0.406 e. The number of nitrogens with zero attached hydrogens (tertiary/aromatic N) is 2. The predicted octanol–water partition coefficient (Wildman–Crippen LogP) is 2.64. The van der Waals surface area contributed by atoms with Gasteiger partial charge in [-0.3, -0.25) is 4.57 Å². The molecule has 2 aromatic rings. The summed E-state index contributed by atoms with van der Waals surface area (Å²) in [5.74, 6) is 0.845. The highest BCUT2D eigenvalue weighted by molar-refractivity contribution is 7.99. The summed E-state index contributed by atoms with van der Waals surface area (Å²) < 4.78 is 6.83. The van der Waals surface area contributed by atoms with Gasteiger partial charge in [0.25, 0.3) is 0 Å². The molecule has 1 fully saturated rings. The zero-order valence-corrected chi connectivity index (χ0v) is 13.8. The van der Waals surface area contributed by atoms with Gasteiger partial charge in [0.1, 0.15) is 0 Å². The van der Waals surface area contributed by atoms with Crippen molar-refractivity contribution in [1.29, 1.82) is 0 Å². The van der Waals surface area contributed by atoms with Gasteiger partial charge in [-0.2, -0.15) is 11.8 Å². The van der Waals surface area contributed by atoms with Crippen LogP contribution >= 0.6 is 11.8 Å². The summed E-state index contributed by atoms with van der Waals surface area (Å²) in [5, 5.41) is 4.34. The molecule has 120 valence electrons. The molecule has 1 aliphatic rings. The Labute approximate surface area is 134 Å². The van der Waals surface area contributed by atoms with Crippen molar-refractivity contribution in [1.82, 2.24) is 14.9 Å². The molecule has 0 amide bonds. The van der Waals surface area contributed by atoms with Gasteiger partial charge in [-0.1, -0.05) is 19.8 Å². The molecule has 2 atom stereocenters. The SMILES string of the molecule is CCS[C@@H]1CCCC[C@H]1NCCn1c(=O)oc2cccnc21. The van der Waals surface area contributed by atoms with E-state index in [2.05, 4.69) is 29.0 Å². The van der Waals surface area contributed by atoms with E-state index in [1.165, 1.54) is 31.4 Å². The van der Waals surface area contributed by atoms with Gasteiger partial charge in [0.2, 0.25) is 0 Å². The van der Waals surface area contributed by atoms with Gasteiger partial charge >= 0.3 is 5.76 Å². The highest BCUT2D eigenvalue weighted by Crippen LogP contribution is 2.28. The van der Waals surface area contributed by atoms with Crippen LogP contribution in [0, 0.1) is 0 Å². The van der Waals surface area contributed by atoms with Crippen LogP contribution in [-0.4, -0.2) is 33.1 Å². The van der Waals surface area contributed by atoms with Crippen molar-refractivity contribution in [2.45, 2.75) is 50.4 Å². The number of thioether (sulfide) groups is 1. The lowest BCUT2D eigenvalue weighted by Crippen LogP contribution is -2.42. The number of fused-ring (bicyclic) bond motifs is 1. The summed E-state index contributed by atoms with van der Waals surface area (Å²) >= 11 is 2.05. The minimum absolute atomic E-state index is 0.321. The van der Waals surface area contributed by atoms with Crippen LogP contribution in [0.15, 0.2) is 27.5 Å². The molecule has 22 heavy (non-hydrogen) atoms. The summed E-state index contributed by atoms with van der Waals surface area (Å²) in [7, 11) is 0. The van der Waals surface area contributed by atoms with Crippen LogP contribution in [0.2, 0.25) is 0 Å². The standard InChI is InChI=1S/C16H23N3O2S/c1-2-22-14-8-4-3-6-12(14)17-10-11-19-15-13(21-16(19)20)7-5-9-18-15/h5,7,9,12,14,17H,2-4,6,8,10-11H2,1H3/t12-,14-/m1/s1. The van der Waals surface area contributed by atoms with E-state index in [9.17, 15) is 4.79 Å². The largest absolute Gasteiger partial charge is 0.421 e. The second-order valence-electron chi connectivity index (χ2n) is 5.68. The number of aromatic nitrogens is 2. The third-order valence-electron chi connectivity index (χ3n) is 4.25. The first-order valence-electron chi connectivity index (χ1n) is 8.09. The molecule has 6 heteroatoms. The molecule has 5 nitrogen and oxygen atoms in total. The van der Waals surface area contributed by atoms with E-state index >= 15 is 0 Å². The number of pyridine rings is 1. The number of oxazole rings is 1. The predicted molar refractivity (Wildman–Crippen MR) is 90.4 cm³/mol. The van der Waals surface area contributed by atoms with E-state index in [1.54, 1.807) is 22.9 Å². The first-order chi connectivity index (χ1) is 10.8. The number of rotatable bonds is 6. The minimum atomic E-state index is -0.321. The second-order valence-corrected chi connectivity index (χ2v) is 7.20. The Morgan fingerprint density at radius 3 is 3.18 bits per heavy atom. The van der Waals surface area contributed by atoms with Crippen LogP contribution in [0.5, 0.6) is 0 Å². The van der Waals surface area contributed by atoms with Crippen molar-refractivity contribution in [2.24, 2.45) is 0 Å². The normalized spacial score (nSPS) is 22.2. The third-order valence-corrected chi connectivity index (χ3v) is 5.58. The summed E-state index contributed by atoms with van der Waals surface area (Å²) in [6.45, 7) is 3.60. The van der Waals surface area contributed by atoms with Crippen LogP contribution in [0.3, 0.4) is 0 Å². The summed E-state index contributed by atoms with van der Waals surface area (Å²) in [6.07, 6.45) is 6.86. The molecule has 0 radical (unpaired) electrons. The summed E-state index contributed by atoms with van der Waals surface area (Å²) in [6, 6.07) is 4.12. The van der Waals surface area contributed by atoms with Crippen molar-refractivity contribution in [3.63, 3.8) is 0 Å². The van der Waals surface area contributed by atoms with Gasteiger partial charge in [-0.15, -0.1) is 0 Å². The van der Waals surface area contributed by atoms with Crippen molar-refractivity contribution in [2.75, 3.05) is 12.3 Å². The van der Waals surface area contributed by atoms with Crippen molar-refractivity contribution in [3.8, 4) is 0 Å². The smallest absolute Gasteiger partial charge is 0.406 e. The molecule has 0 aromatic carbocycles. The molecule has 2 aromatic heterocycles. The molecule has 0 aliphatic heterocycles. The number of hydrogen-bond acceptors (Lipinski definition) is 5. The monoisotopic (exact) mass is 321 g/mol. The van der Waals surface area contributed by atoms with Crippen LogP contribution in [0.1, 0.15) is 32.6 Å². The molecule has 0 bridgehead atoms. The van der Waals surface area contributed by atoms with E-state index in [0.717, 1.165) is 6.54 Å². The molecule has 1 aliphatic carbocycles. The van der Waals surface area contributed by atoms with Crippen LogP contribution in [0.25, 0.3) is 11.2 Å². The average molecular weight is 321 g/mol. The Morgan fingerprint density at radius 1 is 1.45 bits per heavy atom. The van der Waals surface area contributed by atoms with E-state index in [0.29, 0.717) is 29.1 Å². The number of hydrogen-bond donors (Lipinski definition) is 1. The Bertz CT molecular complexity index is 665. The maximum Gasteiger partial charge on any atom is 0.421 e. The van der Waals surface area contributed by atoms with Crippen LogP contribution in [0.4, 0.5) is 0 Å². The van der Waals surface area contributed by atoms with Gasteiger partial charge in [-0.05, 0) is 30.7 Å². The molecular weight excluding hydrogens is 298 g/mol. The van der Waals surface area contributed by atoms with Crippen molar-refractivity contribution >= 4 is 23.0 Å². The van der Waals surface area contributed by atoms with Gasteiger partial charge in [-0.25, -0.2) is 9.78 Å². The zero-order chi connectivity index (χ0) is 15.4. The molecule has 1 saturated carbocycles. The zero-order valence-electron chi connectivity index (χ0n) is 13.0. The molecule has 1 N–H and O–H groups in total. The van der Waals surface area contributed by atoms with Gasteiger partial charge in [0.05, 0.1) is 0 Å². The molecule has 3 rings (SSSR count). The third kappa shape index (κ3) is 3.38. The fourth-order valence-electron chi connectivity index (χ4n) is 3.20. The van der Waals surface area contributed by atoms with Crippen molar-refractivity contribution < 1.29 is 4.42 Å². The highest BCUT2D eigenvalue weighted by atomic mass is 32.2. The average Bonchev–Trinajstić information content (AvgIpc) is 2.85. The topological polar surface area (TPSA) is 60.1 Å². The Kier molecular flexibility index (Phi) is 5.20. The quantitative estimate of drug-likeness (QED) is 0.886. The summed E-state index contributed by atoms with van der Waals surface area (Å²) in [4.78, 5) is 16.2. The van der Waals surface area contributed by atoms with Crippen molar-refractivity contribution in [3.05, 3.63) is 28.9 Å². The fraction of sp³-hybridized carbons (Fsp3) is 0.625. The fourth-order valence-corrected chi connectivity index (χ4v) is 4.43. The first-order valence-corrected chi connectivity index (χ1v) is 9.14. The number of nitrogens with one attached hydrogen (secondary N) is 1. The van der Waals surface area contributed by atoms with E-state index in [1.807, 2.05) is 0 Å². The lowest BCUT2D eigenvalue weighted by Gasteiger charge is -2.31. The van der Waals surface area contributed by atoms with E-state index in [-0.39, 0.29) is 5.76 Å². The van der Waals surface area contributed by atoms with Crippen LogP contribution in [-0.2, 0) is 6.54 Å². The maximum atomic E-state index is 11.9. The second kappa shape index (κ2) is 7.33. The molecule has 0 unspecified atom stereocenters. The van der Waals surface area contributed by atoms with Gasteiger partial charge in [0.15, 0.2) is 11.2 Å². The molecule has 0 saturated heterocycles. The van der Waals surface area contributed by atoms with E-state index < -0.39 is 0 Å². The van der Waals surface area contributed by atoms with Gasteiger partial charge < -0.3 is 9.73 Å². The van der Waals surface area contributed by atoms with Crippen LogP contribution < -0.4 is 11.1 Å². The Hall–Kier alpha value is -1.27. The molecule has 2 heterocycles.